The number of nitrogens with one attached hydrogen (secondary N) is 1. The first-order valence-electron chi connectivity index (χ1n) is 6.51. The van der Waals surface area contributed by atoms with Crippen molar-refractivity contribution in [3.8, 4) is 0 Å². The van der Waals surface area contributed by atoms with Gasteiger partial charge in [-0.3, -0.25) is 0 Å². The predicted octanol–water partition coefficient (Wildman–Crippen LogP) is 2.78. The molecule has 2 nitrogen and oxygen atoms in total. The van der Waals surface area contributed by atoms with E-state index in [2.05, 4.69) is 5.32 Å². The average Bonchev–Trinajstić information content (AvgIpc) is 2.26. The van der Waals surface area contributed by atoms with E-state index in [0.717, 1.165) is 31.0 Å². The topological polar surface area (TPSA) is 32.3 Å². The highest BCUT2D eigenvalue weighted by molar-refractivity contribution is 5.22. The molecule has 1 aliphatic rings. The highest BCUT2D eigenvalue weighted by Gasteiger charge is 2.19. The van der Waals surface area contributed by atoms with Crippen molar-refractivity contribution in [3.05, 3.63) is 35.4 Å². The molecule has 100 valence electrons. The van der Waals surface area contributed by atoms with Gasteiger partial charge < -0.3 is 10.4 Å². The third-order valence-corrected chi connectivity index (χ3v) is 3.62. The van der Waals surface area contributed by atoms with Gasteiger partial charge in [-0.25, -0.2) is 8.78 Å². The first kappa shape index (κ1) is 13.4. The molecule has 1 atom stereocenters. The molecule has 0 aliphatic heterocycles. The molecule has 0 radical (unpaired) electrons. The average molecular weight is 255 g/mol. The maximum atomic E-state index is 13.4. The van der Waals surface area contributed by atoms with Crippen LogP contribution in [0, 0.1) is 17.6 Å². The maximum absolute atomic E-state index is 13.4. The van der Waals surface area contributed by atoms with Gasteiger partial charge in [-0.1, -0.05) is 25.3 Å². The lowest BCUT2D eigenvalue weighted by Gasteiger charge is -2.25. The Morgan fingerprint density at radius 3 is 2.50 bits per heavy atom. The predicted molar refractivity (Wildman–Crippen MR) is 66.1 cm³/mol. The normalized spacial score (nSPS) is 17.5. The zero-order chi connectivity index (χ0) is 13.0. The number of halogens is 2. The fourth-order valence-electron chi connectivity index (χ4n) is 2.26. The summed E-state index contributed by atoms with van der Waals surface area (Å²) in [5.74, 6) is -0.591. The van der Waals surface area contributed by atoms with Crippen LogP contribution in [0.5, 0.6) is 0 Å². The molecule has 0 bridgehead atoms. The van der Waals surface area contributed by atoms with Crippen molar-refractivity contribution in [2.45, 2.75) is 31.8 Å². The summed E-state index contributed by atoms with van der Waals surface area (Å²) in [5.41, 5.74) is -0.242. The first-order valence-corrected chi connectivity index (χ1v) is 6.51. The van der Waals surface area contributed by atoms with Gasteiger partial charge >= 0.3 is 0 Å². The fourth-order valence-corrected chi connectivity index (χ4v) is 2.26. The molecule has 0 amide bonds. The van der Waals surface area contributed by atoms with Crippen LogP contribution >= 0.6 is 0 Å². The van der Waals surface area contributed by atoms with E-state index in [1.165, 1.54) is 25.3 Å². The van der Waals surface area contributed by atoms with Crippen molar-refractivity contribution >= 4 is 0 Å². The Balaban J connectivity index is 1.77. The Kier molecular flexibility index (Phi) is 4.66. The van der Waals surface area contributed by atoms with Crippen molar-refractivity contribution in [1.82, 2.24) is 5.32 Å². The van der Waals surface area contributed by atoms with Gasteiger partial charge in [-0.2, -0.15) is 0 Å². The minimum atomic E-state index is -1.13. The summed E-state index contributed by atoms with van der Waals surface area (Å²) in [4.78, 5) is 0. The van der Waals surface area contributed by atoms with Crippen molar-refractivity contribution in [2.24, 2.45) is 5.92 Å². The monoisotopic (exact) mass is 255 g/mol. The van der Waals surface area contributed by atoms with E-state index in [0.29, 0.717) is 0 Å². The third-order valence-electron chi connectivity index (χ3n) is 3.62. The van der Waals surface area contributed by atoms with Gasteiger partial charge in [-0.15, -0.1) is 0 Å². The molecule has 1 saturated carbocycles. The lowest BCUT2D eigenvalue weighted by atomic mass is 9.83. The standard InChI is InChI=1S/C14H19F2NO/c15-11-5-2-6-12(16)14(11)13(18)9-17-8-7-10-3-1-4-10/h2,5-6,10,13,17-18H,1,3-4,7-9H2. The highest BCUT2D eigenvalue weighted by Crippen LogP contribution is 2.28. The highest BCUT2D eigenvalue weighted by atomic mass is 19.1. The molecule has 1 aromatic rings. The third kappa shape index (κ3) is 3.27. The second-order valence-electron chi connectivity index (χ2n) is 4.94. The van der Waals surface area contributed by atoms with Crippen LogP contribution in [0.25, 0.3) is 0 Å². The van der Waals surface area contributed by atoms with Crippen LogP contribution < -0.4 is 5.32 Å². The van der Waals surface area contributed by atoms with E-state index in [4.69, 9.17) is 0 Å². The molecule has 4 heteroatoms. The van der Waals surface area contributed by atoms with E-state index < -0.39 is 17.7 Å². The smallest absolute Gasteiger partial charge is 0.131 e. The Morgan fingerprint density at radius 1 is 1.28 bits per heavy atom. The van der Waals surface area contributed by atoms with Gasteiger partial charge in [-0.05, 0) is 31.0 Å². The molecule has 1 fully saturated rings. The number of aliphatic hydroxyl groups excluding tert-OH is 1. The molecule has 0 heterocycles. The van der Waals surface area contributed by atoms with Gasteiger partial charge in [0.2, 0.25) is 0 Å². The quantitative estimate of drug-likeness (QED) is 0.766. The van der Waals surface area contributed by atoms with Crippen LogP contribution in [0.3, 0.4) is 0 Å². The van der Waals surface area contributed by atoms with E-state index in [1.54, 1.807) is 0 Å². The molecule has 2 N–H and O–H groups in total. The fraction of sp³-hybridized carbons (Fsp3) is 0.571. The molecule has 18 heavy (non-hydrogen) atoms. The SMILES string of the molecule is OC(CNCCC1CCC1)c1c(F)cccc1F. The van der Waals surface area contributed by atoms with E-state index in [9.17, 15) is 13.9 Å². The molecule has 0 saturated heterocycles. The van der Waals surface area contributed by atoms with Crippen molar-refractivity contribution < 1.29 is 13.9 Å². The number of hydrogen-bond donors (Lipinski definition) is 2. The largest absolute Gasteiger partial charge is 0.387 e. The summed E-state index contributed by atoms with van der Waals surface area (Å²) >= 11 is 0. The second-order valence-corrected chi connectivity index (χ2v) is 4.94. The summed E-state index contributed by atoms with van der Waals surface area (Å²) in [5, 5.41) is 12.8. The van der Waals surface area contributed by atoms with Gasteiger partial charge in [0.05, 0.1) is 11.7 Å². The molecule has 0 aromatic heterocycles. The minimum Gasteiger partial charge on any atom is -0.387 e. The van der Waals surface area contributed by atoms with Crippen LogP contribution in [0.15, 0.2) is 18.2 Å². The number of hydrogen-bond acceptors (Lipinski definition) is 2. The van der Waals surface area contributed by atoms with Crippen molar-refractivity contribution in [3.63, 3.8) is 0 Å². The Bertz CT molecular complexity index is 373. The molecule has 1 aromatic carbocycles. The Labute approximate surface area is 106 Å². The lowest BCUT2D eigenvalue weighted by molar-refractivity contribution is 0.163. The summed E-state index contributed by atoms with van der Waals surface area (Å²) in [6.07, 6.45) is 3.83. The molecule has 1 unspecified atom stereocenters. The van der Waals surface area contributed by atoms with Crippen LogP contribution in [0.2, 0.25) is 0 Å². The van der Waals surface area contributed by atoms with Crippen molar-refractivity contribution in [1.29, 1.82) is 0 Å². The van der Waals surface area contributed by atoms with Crippen LogP contribution in [-0.2, 0) is 0 Å². The second kappa shape index (κ2) is 6.25. The van der Waals surface area contributed by atoms with Crippen LogP contribution in [0.4, 0.5) is 8.78 Å². The number of benzene rings is 1. The summed E-state index contributed by atoms with van der Waals surface area (Å²) < 4.78 is 26.7. The Morgan fingerprint density at radius 2 is 1.94 bits per heavy atom. The lowest BCUT2D eigenvalue weighted by Crippen LogP contribution is -2.26. The first-order chi connectivity index (χ1) is 8.68. The molecule has 0 spiro atoms. The summed E-state index contributed by atoms with van der Waals surface area (Å²) in [7, 11) is 0. The molecule has 1 aliphatic carbocycles. The van der Waals surface area contributed by atoms with Crippen molar-refractivity contribution in [2.75, 3.05) is 13.1 Å². The maximum Gasteiger partial charge on any atom is 0.131 e. The summed E-state index contributed by atoms with van der Waals surface area (Å²) in [6.45, 7) is 0.975. The van der Waals surface area contributed by atoms with Crippen LogP contribution in [0.1, 0.15) is 37.4 Å². The zero-order valence-corrected chi connectivity index (χ0v) is 10.3. The Hall–Kier alpha value is -1.00. The van der Waals surface area contributed by atoms with Crippen LogP contribution in [-0.4, -0.2) is 18.2 Å². The number of aliphatic hydroxyl groups is 1. The van der Waals surface area contributed by atoms with Gasteiger partial charge in [0.1, 0.15) is 11.6 Å². The van der Waals surface area contributed by atoms with Gasteiger partial charge in [0.25, 0.3) is 0 Å². The van der Waals surface area contributed by atoms with Gasteiger partial charge in [0.15, 0.2) is 0 Å². The van der Waals surface area contributed by atoms with Gasteiger partial charge in [0, 0.05) is 6.54 Å². The van der Waals surface area contributed by atoms with E-state index in [1.807, 2.05) is 0 Å². The molecular formula is C14H19F2NO. The van der Waals surface area contributed by atoms with E-state index in [-0.39, 0.29) is 12.1 Å². The summed E-state index contributed by atoms with van der Waals surface area (Å²) in [6, 6.07) is 3.62. The van der Waals surface area contributed by atoms with E-state index >= 15 is 0 Å². The number of rotatable bonds is 6. The molecular weight excluding hydrogens is 236 g/mol. The molecule has 2 rings (SSSR count). The minimum absolute atomic E-state index is 0.185. The zero-order valence-electron chi connectivity index (χ0n) is 10.3.